The van der Waals surface area contributed by atoms with E-state index in [9.17, 15) is 0 Å². The monoisotopic (exact) mass is 355 g/mol. The molecule has 2 aromatic rings. The highest BCUT2D eigenvalue weighted by atomic mass is 35.5. The summed E-state index contributed by atoms with van der Waals surface area (Å²) >= 11 is 12.2. The van der Waals surface area contributed by atoms with E-state index in [0.717, 1.165) is 0 Å². The molecule has 0 aliphatic carbocycles. The lowest BCUT2D eigenvalue weighted by Gasteiger charge is -2.18. The molecule has 2 rings (SSSR count). The van der Waals surface area contributed by atoms with Gasteiger partial charge in [-0.1, -0.05) is 44.0 Å². The second kappa shape index (κ2) is 6.81. The average molecular weight is 356 g/mol. The quantitative estimate of drug-likeness (QED) is 0.795. The Balaban J connectivity index is 2.45. The number of methoxy groups -OCH3 is 2. The Hall–Kier alpha value is -1.72. The van der Waals surface area contributed by atoms with E-state index >= 15 is 0 Å². The van der Waals surface area contributed by atoms with Gasteiger partial charge in [-0.15, -0.1) is 0 Å². The summed E-state index contributed by atoms with van der Waals surface area (Å²) in [6, 6.07) is 5.07. The van der Waals surface area contributed by atoms with E-state index in [1.165, 1.54) is 0 Å². The third-order valence-corrected chi connectivity index (χ3v) is 3.59. The standard InChI is InChI=1S/C16H19Cl2N3O2/c1-16(2,3)15-20-13(18)8-14(21-15)19-10-7-11(22-4)9(17)6-12(10)23-5/h6-8H,1-5H3,(H,19,20,21). The average Bonchev–Trinajstić information content (AvgIpc) is 2.47. The maximum absolute atomic E-state index is 6.11. The normalized spacial score (nSPS) is 11.3. The molecule has 23 heavy (non-hydrogen) atoms. The summed E-state index contributed by atoms with van der Waals surface area (Å²) in [7, 11) is 3.12. The van der Waals surface area contributed by atoms with E-state index < -0.39 is 0 Å². The molecule has 124 valence electrons. The van der Waals surface area contributed by atoms with Crippen LogP contribution in [0, 0.1) is 0 Å². The molecule has 0 amide bonds. The molecule has 0 radical (unpaired) electrons. The van der Waals surface area contributed by atoms with Gasteiger partial charge >= 0.3 is 0 Å². The first-order valence-electron chi connectivity index (χ1n) is 6.98. The fourth-order valence-corrected chi connectivity index (χ4v) is 2.33. The van der Waals surface area contributed by atoms with E-state index in [4.69, 9.17) is 32.7 Å². The fraction of sp³-hybridized carbons (Fsp3) is 0.375. The highest BCUT2D eigenvalue weighted by molar-refractivity contribution is 6.32. The van der Waals surface area contributed by atoms with Gasteiger partial charge in [0.05, 0.1) is 24.9 Å². The van der Waals surface area contributed by atoms with Gasteiger partial charge in [0.1, 0.15) is 28.3 Å². The maximum atomic E-state index is 6.11. The third kappa shape index (κ3) is 4.18. The lowest BCUT2D eigenvalue weighted by Crippen LogP contribution is -2.16. The number of nitrogens with zero attached hydrogens (tertiary/aromatic N) is 2. The smallest absolute Gasteiger partial charge is 0.144 e. The number of benzene rings is 1. The van der Waals surface area contributed by atoms with Crippen molar-refractivity contribution in [3.05, 3.63) is 34.2 Å². The molecule has 0 bridgehead atoms. The Morgan fingerprint density at radius 3 is 2.17 bits per heavy atom. The summed E-state index contributed by atoms with van der Waals surface area (Å²) < 4.78 is 10.6. The molecule has 1 aromatic carbocycles. The van der Waals surface area contributed by atoms with Crippen LogP contribution in [0.3, 0.4) is 0 Å². The molecule has 0 aliphatic heterocycles. The Morgan fingerprint density at radius 2 is 1.61 bits per heavy atom. The highest BCUT2D eigenvalue weighted by Gasteiger charge is 2.19. The van der Waals surface area contributed by atoms with Crippen molar-refractivity contribution in [2.75, 3.05) is 19.5 Å². The lowest BCUT2D eigenvalue weighted by atomic mass is 9.96. The Labute approximate surface area is 146 Å². The zero-order chi connectivity index (χ0) is 17.2. The number of halogens is 2. The van der Waals surface area contributed by atoms with Crippen LogP contribution in [0.5, 0.6) is 11.5 Å². The molecule has 0 fully saturated rings. The minimum absolute atomic E-state index is 0.219. The van der Waals surface area contributed by atoms with E-state index in [1.54, 1.807) is 32.4 Å². The first kappa shape index (κ1) is 17.6. The van der Waals surface area contributed by atoms with Crippen LogP contribution in [-0.4, -0.2) is 24.2 Å². The van der Waals surface area contributed by atoms with Gasteiger partial charge in [-0.25, -0.2) is 9.97 Å². The molecule has 0 atom stereocenters. The van der Waals surface area contributed by atoms with Crippen molar-refractivity contribution in [2.45, 2.75) is 26.2 Å². The van der Waals surface area contributed by atoms with Crippen molar-refractivity contribution in [3.63, 3.8) is 0 Å². The van der Waals surface area contributed by atoms with Crippen LogP contribution in [0.2, 0.25) is 10.2 Å². The van der Waals surface area contributed by atoms with Crippen LogP contribution in [0.25, 0.3) is 0 Å². The number of nitrogens with one attached hydrogen (secondary N) is 1. The third-order valence-electron chi connectivity index (χ3n) is 3.10. The van der Waals surface area contributed by atoms with Crippen molar-refractivity contribution < 1.29 is 9.47 Å². The molecule has 5 nitrogen and oxygen atoms in total. The predicted molar refractivity (Wildman–Crippen MR) is 93.6 cm³/mol. The van der Waals surface area contributed by atoms with Crippen molar-refractivity contribution in [2.24, 2.45) is 0 Å². The van der Waals surface area contributed by atoms with Crippen molar-refractivity contribution in [1.82, 2.24) is 9.97 Å². The Morgan fingerprint density at radius 1 is 0.957 bits per heavy atom. The van der Waals surface area contributed by atoms with Crippen molar-refractivity contribution in [1.29, 1.82) is 0 Å². The first-order valence-corrected chi connectivity index (χ1v) is 7.74. The van der Waals surface area contributed by atoms with Gasteiger partial charge in [0.2, 0.25) is 0 Å². The van der Waals surface area contributed by atoms with Crippen LogP contribution in [0.15, 0.2) is 18.2 Å². The fourth-order valence-electron chi connectivity index (χ4n) is 1.91. The van der Waals surface area contributed by atoms with Crippen LogP contribution >= 0.6 is 23.2 Å². The number of hydrogen-bond donors (Lipinski definition) is 1. The SMILES string of the molecule is COc1cc(Nc2cc(Cl)nc(C(C)(C)C)n2)c(OC)cc1Cl. The molecule has 7 heteroatoms. The van der Waals surface area contributed by atoms with Gasteiger partial charge in [-0.05, 0) is 0 Å². The van der Waals surface area contributed by atoms with Crippen LogP contribution in [0.4, 0.5) is 11.5 Å². The second-order valence-electron chi connectivity index (χ2n) is 5.96. The second-order valence-corrected chi connectivity index (χ2v) is 6.76. The summed E-state index contributed by atoms with van der Waals surface area (Å²) in [6.45, 7) is 6.07. The summed E-state index contributed by atoms with van der Waals surface area (Å²) in [5.41, 5.74) is 0.451. The van der Waals surface area contributed by atoms with Crippen LogP contribution in [-0.2, 0) is 5.41 Å². The lowest BCUT2D eigenvalue weighted by molar-refractivity contribution is 0.405. The van der Waals surface area contributed by atoms with Gasteiger partial charge in [0.15, 0.2) is 0 Å². The molecular formula is C16H19Cl2N3O2. The number of hydrogen-bond acceptors (Lipinski definition) is 5. The number of rotatable bonds is 4. The summed E-state index contributed by atoms with van der Waals surface area (Å²) in [5, 5.41) is 4.01. The summed E-state index contributed by atoms with van der Waals surface area (Å²) in [6.07, 6.45) is 0. The largest absolute Gasteiger partial charge is 0.495 e. The highest BCUT2D eigenvalue weighted by Crippen LogP contribution is 2.37. The van der Waals surface area contributed by atoms with Gasteiger partial charge in [-0.2, -0.15) is 0 Å². The molecule has 1 aromatic heterocycles. The van der Waals surface area contributed by atoms with Crippen LogP contribution in [0.1, 0.15) is 26.6 Å². The van der Waals surface area contributed by atoms with Gasteiger partial charge < -0.3 is 14.8 Å². The first-order chi connectivity index (χ1) is 10.7. The van der Waals surface area contributed by atoms with Gasteiger partial charge in [0.25, 0.3) is 0 Å². The number of aromatic nitrogens is 2. The van der Waals surface area contributed by atoms with E-state index in [1.807, 2.05) is 20.8 Å². The minimum Gasteiger partial charge on any atom is -0.495 e. The molecule has 0 saturated heterocycles. The van der Waals surface area contributed by atoms with E-state index in [0.29, 0.717) is 39.0 Å². The van der Waals surface area contributed by atoms with Crippen molar-refractivity contribution in [3.8, 4) is 11.5 Å². The number of anilines is 2. The zero-order valence-corrected chi connectivity index (χ0v) is 15.2. The molecule has 0 aliphatic rings. The number of ether oxygens (including phenoxy) is 2. The summed E-state index contributed by atoms with van der Waals surface area (Å²) in [5.74, 6) is 2.32. The maximum Gasteiger partial charge on any atom is 0.144 e. The van der Waals surface area contributed by atoms with Crippen LogP contribution < -0.4 is 14.8 Å². The van der Waals surface area contributed by atoms with Gasteiger partial charge in [-0.3, -0.25) is 0 Å². The Kier molecular flexibility index (Phi) is 5.22. The topological polar surface area (TPSA) is 56.3 Å². The van der Waals surface area contributed by atoms with E-state index in [2.05, 4.69) is 15.3 Å². The predicted octanol–water partition coefficient (Wildman–Crippen LogP) is 4.84. The van der Waals surface area contributed by atoms with E-state index in [-0.39, 0.29) is 5.41 Å². The molecular weight excluding hydrogens is 337 g/mol. The molecule has 1 N–H and O–H groups in total. The minimum atomic E-state index is -0.219. The zero-order valence-electron chi connectivity index (χ0n) is 13.7. The molecule has 0 unspecified atom stereocenters. The van der Waals surface area contributed by atoms with Gasteiger partial charge in [0, 0.05) is 23.6 Å². The molecule has 0 saturated carbocycles. The molecule has 1 heterocycles. The molecule has 0 spiro atoms. The summed E-state index contributed by atoms with van der Waals surface area (Å²) in [4.78, 5) is 8.79. The Bertz CT molecular complexity index is 715. The van der Waals surface area contributed by atoms with Crippen molar-refractivity contribution >= 4 is 34.7 Å².